The van der Waals surface area contributed by atoms with Crippen LogP contribution in [-0.4, -0.2) is 24.2 Å². The molecule has 2 aromatic heterocycles. The van der Waals surface area contributed by atoms with Gasteiger partial charge >= 0.3 is 0 Å². The quantitative estimate of drug-likeness (QED) is 0.677. The van der Waals surface area contributed by atoms with Gasteiger partial charge in [0.1, 0.15) is 12.4 Å². The molecule has 2 rings (SSSR count). The van der Waals surface area contributed by atoms with Gasteiger partial charge in [0.05, 0.1) is 0 Å². The summed E-state index contributed by atoms with van der Waals surface area (Å²) < 4.78 is 20.8. The van der Waals surface area contributed by atoms with Crippen LogP contribution in [0.1, 0.15) is 0 Å². The highest BCUT2D eigenvalue weighted by molar-refractivity contribution is 6.76. The zero-order valence-electron chi connectivity index (χ0n) is 11.6. The molecule has 0 spiro atoms. The fourth-order valence-corrected chi connectivity index (χ4v) is 2.55. The van der Waals surface area contributed by atoms with Crippen molar-refractivity contribution in [2.24, 2.45) is 0 Å². The van der Waals surface area contributed by atoms with E-state index in [1.165, 1.54) is 10.6 Å². The van der Waals surface area contributed by atoms with Crippen molar-refractivity contribution in [1.82, 2.24) is 9.55 Å². The lowest BCUT2D eigenvalue weighted by Crippen LogP contribution is -2.22. The molecule has 0 aromatic carbocycles. The van der Waals surface area contributed by atoms with Crippen LogP contribution < -0.4 is 5.73 Å². The van der Waals surface area contributed by atoms with Gasteiger partial charge in [0.15, 0.2) is 5.95 Å². The summed E-state index contributed by atoms with van der Waals surface area (Å²) in [6.07, 6.45) is 1.58. The third-order valence-corrected chi connectivity index (χ3v) is 4.70. The van der Waals surface area contributed by atoms with Crippen molar-refractivity contribution in [3.63, 3.8) is 0 Å². The Morgan fingerprint density at radius 1 is 1.42 bits per heavy atom. The zero-order valence-corrected chi connectivity index (χ0v) is 12.6. The van der Waals surface area contributed by atoms with Gasteiger partial charge in [-0.05, 0) is 12.1 Å². The molecular formula is C13H20FN3OSi. The van der Waals surface area contributed by atoms with Crippen LogP contribution in [-0.2, 0) is 11.5 Å². The van der Waals surface area contributed by atoms with Crippen LogP contribution in [0.3, 0.4) is 0 Å². The molecule has 0 aliphatic rings. The summed E-state index contributed by atoms with van der Waals surface area (Å²) >= 11 is 0. The molecule has 0 saturated heterocycles. The molecule has 0 amide bonds. The molecule has 0 aliphatic carbocycles. The Morgan fingerprint density at radius 3 is 2.84 bits per heavy atom. The van der Waals surface area contributed by atoms with Crippen LogP contribution in [0.15, 0.2) is 18.3 Å². The van der Waals surface area contributed by atoms with Crippen LogP contribution in [0.4, 0.5) is 10.1 Å². The van der Waals surface area contributed by atoms with Crippen molar-refractivity contribution in [1.29, 1.82) is 0 Å². The van der Waals surface area contributed by atoms with E-state index in [1.54, 1.807) is 12.3 Å². The second-order valence-electron chi connectivity index (χ2n) is 5.88. The molecule has 2 heterocycles. The van der Waals surface area contributed by atoms with E-state index in [0.29, 0.717) is 23.3 Å². The summed E-state index contributed by atoms with van der Waals surface area (Å²) in [5.41, 5.74) is 6.86. The standard InChI is InChI=1S/C13H20FN3OSi/c1-19(2,3)7-6-18-9-17-12(14)8-10-11(15)4-5-16-13(10)17/h4-5,8H,6-7,9H2,1-3H3,(H2,15,16). The van der Waals surface area contributed by atoms with Gasteiger partial charge in [-0.25, -0.2) is 4.98 Å². The number of hydrogen-bond acceptors (Lipinski definition) is 3. The molecule has 0 atom stereocenters. The van der Waals surface area contributed by atoms with E-state index in [9.17, 15) is 4.39 Å². The van der Waals surface area contributed by atoms with Gasteiger partial charge in [0, 0.05) is 38.0 Å². The average molecular weight is 281 g/mol. The Labute approximate surface area is 113 Å². The Morgan fingerprint density at radius 2 is 2.16 bits per heavy atom. The summed E-state index contributed by atoms with van der Waals surface area (Å²) in [4.78, 5) is 4.16. The third kappa shape index (κ3) is 3.33. The maximum absolute atomic E-state index is 13.8. The first-order valence-electron chi connectivity index (χ1n) is 6.35. The van der Waals surface area contributed by atoms with Crippen LogP contribution in [0.25, 0.3) is 11.0 Å². The maximum Gasteiger partial charge on any atom is 0.197 e. The number of pyridine rings is 1. The molecule has 6 heteroatoms. The van der Waals surface area contributed by atoms with Gasteiger partial charge in [0.2, 0.25) is 0 Å². The van der Waals surface area contributed by atoms with Crippen molar-refractivity contribution in [3.8, 4) is 0 Å². The molecule has 2 N–H and O–H groups in total. The monoisotopic (exact) mass is 281 g/mol. The largest absolute Gasteiger partial charge is 0.398 e. The van der Waals surface area contributed by atoms with Gasteiger partial charge in [-0.15, -0.1) is 0 Å². The minimum Gasteiger partial charge on any atom is -0.398 e. The number of rotatable bonds is 5. The summed E-state index contributed by atoms with van der Waals surface area (Å²) in [6, 6.07) is 4.13. The smallest absolute Gasteiger partial charge is 0.197 e. The lowest BCUT2D eigenvalue weighted by atomic mass is 10.3. The molecule has 19 heavy (non-hydrogen) atoms. The Kier molecular flexibility index (Phi) is 3.91. The first kappa shape index (κ1) is 14.0. The van der Waals surface area contributed by atoms with Crippen molar-refractivity contribution in [2.45, 2.75) is 32.4 Å². The average Bonchev–Trinajstić information content (AvgIpc) is 2.62. The molecule has 2 aromatic rings. The normalized spacial score (nSPS) is 12.2. The molecular weight excluding hydrogens is 261 g/mol. The molecule has 0 aliphatic heterocycles. The molecule has 0 fully saturated rings. The summed E-state index contributed by atoms with van der Waals surface area (Å²) in [5, 5.41) is 0.633. The van der Waals surface area contributed by atoms with Crippen LogP contribution >= 0.6 is 0 Å². The summed E-state index contributed by atoms with van der Waals surface area (Å²) in [7, 11) is -1.12. The van der Waals surface area contributed by atoms with Crippen LogP contribution in [0, 0.1) is 5.95 Å². The number of anilines is 1. The lowest BCUT2D eigenvalue weighted by molar-refractivity contribution is 0.0823. The second-order valence-corrected chi connectivity index (χ2v) is 11.5. The van der Waals surface area contributed by atoms with Crippen LogP contribution in [0.5, 0.6) is 0 Å². The van der Waals surface area contributed by atoms with Gasteiger partial charge in [-0.2, -0.15) is 4.39 Å². The maximum atomic E-state index is 13.8. The van der Waals surface area contributed by atoms with E-state index < -0.39 is 8.07 Å². The van der Waals surface area contributed by atoms with Crippen molar-refractivity contribution >= 4 is 24.8 Å². The molecule has 4 nitrogen and oxygen atoms in total. The van der Waals surface area contributed by atoms with Gasteiger partial charge in [-0.3, -0.25) is 4.57 Å². The number of halogens is 1. The highest BCUT2D eigenvalue weighted by Gasteiger charge is 2.14. The van der Waals surface area contributed by atoms with Gasteiger partial charge < -0.3 is 10.5 Å². The van der Waals surface area contributed by atoms with Crippen molar-refractivity contribution < 1.29 is 9.13 Å². The number of nitrogens with zero attached hydrogens (tertiary/aromatic N) is 2. The molecule has 0 radical (unpaired) electrons. The number of fused-ring (bicyclic) bond motifs is 1. The molecule has 0 unspecified atom stereocenters. The van der Waals surface area contributed by atoms with E-state index in [-0.39, 0.29) is 12.7 Å². The zero-order chi connectivity index (χ0) is 14.0. The Bertz CT molecular complexity index is 577. The van der Waals surface area contributed by atoms with E-state index in [1.807, 2.05) is 0 Å². The Balaban J connectivity index is 2.09. The number of nitrogen functional groups attached to an aromatic ring is 1. The fraction of sp³-hybridized carbons (Fsp3) is 0.462. The first-order chi connectivity index (χ1) is 8.88. The minimum absolute atomic E-state index is 0.177. The highest BCUT2D eigenvalue weighted by atomic mass is 28.3. The predicted octanol–water partition coefficient (Wildman–Crippen LogP) is 3.07. The first-order valence-corrected chi connectivity index (χ1v) is 10.1. The Hall–Kier alpha value is -1.40. The summed E-state index contributed by atoms with van der Waals surface area (Å²) in [6.45, 7) is 7.67. The van der Waals surface area contributed by atoms with E-state index in [4.69, 9.17) is 10.5 Å². The van der Waals surface area contributed by atoms with Gasteiger partial charge in [-0.1, -0.05) is 19.6 Å². The number of hydrogen-bond donors (Lipinski definition) is 1. The van der Waals surface area contributed by atoms with E-state index >= 15 is 0 Å². The number of nitrogens with two attached hydrogens (primary N) is 1. The summed E-state index contributed by atoms with van der Waals surface area (Å²) in [5.74, 6) is -0.367. The van der Waals surface area contributed by atoms with Crippen molar-refractivity contribution in [2.75, 3.05) is 12.3 Å². The number of aromatic nitrogens is 2. The molecule has 0 saturated carbocycles. The number of ether oxygens (including phenoxy) is 1. The second kappa shape index (κ2) is 5.30. The minimum atomic E-state index is -1.12. The van der Waals surface area contributed by atoms with Crippen LogP contribution in [0.2, 0.25) is 25.7 Å². The van der Waals surface area contributed by atoms with E-state index in [2.05, 4.69) is 24.6 Å². The molecule has 0 bridgehead atoms. The highest BCUT2D eigenvalue weighted by Crippen LogP contribution is 2.22. The molecule has 104 valence electrons. The topological polar surface area (TPSA) is 53.1 Å². The lowest BCUT2D eigenvalue weighted by Gasteiger charge is -2.15. The SMILES string of the molecule is C[Si](C)(C)CCOCn1c(F)cc2c(N)ccnc21. The van der Waals surface area contributed by atoms with Gasteiger partial charge in [0.25, 0.3) is 0 Å². The predicted molar refractivity (Wildman–Crippen MR) is 78.2 cm³/mol. The van der Waals surface area contributed by atoms with E-state index in [0.717, 1.165) is 6.04 Å². The third-order valence-electron chi connectivity index (χ3n) is 3.00. The fourth-order valence-electron chi connectivity index (χ4n) is 1.79. The van der Waals surface area contributed by atoms with Crippen molar-refractivity contribution in [3.05, 3.63) is 24.3 Å².